The monoisotopic (exact) mass is 964 g/mol. The van der Waals surface area contributed by atoms with Gasteiger partial charge in [0.05, 0.1) is 48.7 Å². The lowest BCUT2D eigenvalue weighted by Gasteiger charge is -2.17. The van der Waals surface area contributed by atoms with Crippen molar-refractivity contribution in [3.05, 3.63) is 173 Å². The Bertz CT molecular complexity index is 4310. The molecule has 0 aliphatic carbocycles. The van der Waals surface area contributed by atoms with Gasteiger partial charge in [-0.2, -0.15) is 0 Å². The molecule has 350 valence electrons. The highest BCUT2D eigenvalue weighted by atomic mass is 32.1. The smallest absolute Gasteiger partial charge is 0.145 e. The summed E-state index contributed by atoms with van der Waals surface area (Å²) in [7, 11) is 0. The van der Waals surface area contributed by atoms with E-state index in [0.29, 0.717) is 0 Å². The molecular formula is C60H52N8OS2. The van der Waals surface area contributed by atoms with Crippen molar-refractivity contribution in [3.63, 3.8) is 0 Å². The minimum atomic E-state index is 0. The largest absolute Gasteiger partial charge is 0.412 e. The van der Waals surface area contributed by atoms with Gasteiger partial charge in [-0.3, -0.25) is 19.1 Å². The molecule has 71 heavy (non-hydrogen) atoms. The molecule has 1 aliphatic heterocycles. The highest BCUT2D eigenvalue weighted by Crippen LogP contribution is 2.47. The molecule has 0 fully saturated rings. The van der Waals surface area contributed by atoms with Gasteiger partial charge in [0, 0.05) is 101 Å². The first-order valence-electron chi connectivity index (χ1n) is 24.1. The molecule has 9 nitrogen and oxygen atoms in total. The van der Waals surface area contributed by atoms with Gasteiger partial charge in [-0.1, -0.05) is 62.4 Å². The molecule has 0 radical (unpaired) electrons. The van der Waals surface area contributed by atoms with Crippen LogP contribution in [0.1, 0.15) is 53.3 Å². The molecule has 0 saturated heterocycles. The van der Waals surface area contributed by atoms with Crippen LogP contribution < -0.4 is 5.32 Å². The number of nitrogens with one attached hydrogen (secondary N) is 1. The summed E-state index contributed by atoms with van der Waals surface area (Å²) in [6, 6.07) is 38.1. The van der Waals surface area contributed by atoms with Crippen molar-refractivity contribution < 1.29 is 5.48 Å². The van der Waals surface area contributed by atoms with Crippen LogP contribution in [0.25, 0.3) is 113 Å². The fraction of sp³-hybridized carbons (Fsp3) is 0.150. The summed E-state index contributed by atoms with van der Waals surface area (Å²) < 4.78 is 14.9. The zero-order chi connectivity index (χ0) is 47.7. The van der Waals surface area contributed by atoms with Crippen molar-refractivity contribution in [1.29, 1.82) is 0 Å². The Hall–Kier alpha value is -7.83. The van der Waals surface area contributed by atoms with E-state index in [9.17, 15) is 0 Å². The second-order valence-electron chi connectivity index (χ2n) is 18.3. The van der Waals surface area contributed by atoms with Crippen LogP contribution in [0.15, 0.2) is 134 Å². The van der Waals surface area contributed by atoms with E-state index >= 15 is 0 Å². The number of fused-ring (bicyclic) bond motifs is 12. The van der Waals surface area contributed by atoms with Gasteiger partial charge in [0.25, 0.3) is 0 Å². The highest BCUT2D eigenvalue weighted by Gasteiger charge is 2.28. The molecule has 11 heteroatoms. The fourth-order valence-electron chi connectivity index (χ4n) is 11.6. The number of rotatable bonds is 5. The van der Waals surface area contributed by atoms with Gasteiger partial charge in [-0.15, -0.1) is 22.7 Å². The maximum absolute atomic E-state index is 4.98. The number of aromatic nitrogens is 7. The van der Waals surface area contributed by atoms with Crippen LogP contribution in [0, 0.1) is 41.5 Å². The Morgan fingerprint density at radius 3 is 1.72 bits per heavy atom. The quantitative estimate of drug-likeness (QED) is 0.186. The van der Waals surface area contributed by atoms with Crippen LogP contribution in [0.2, 0.25) is 0 Å². The molecule has 0 saturated carbocycles. The van der Waals surface area contributed by atoms with Gasteiger partial charge >= 0.3 is 0 Å². The van der Waals surface area contributed by atoms with Crippen LogP contribution in [-0.4, -0.2) is 45.2 Å². The van der Waals surface area contributed by atoms with Crippen molar-refractivity contribution in [1.82, 2.24) is 33.2 Å². The lowest BCUT2D eigenvalue weighted by molar-refractivity contribution is 0.824. The first-order valence-corrected chi connectivity index (χ1v) is 25.8. The van der Waals surface area contributed by atoms with Crippen molar-refractivity contribution in [2.45, 2.75) is 55.4 Å². The molecule has 1 aliphatic rings. The number of hydrogen-bond acceptors (Lipinski definition) is 6. The van der Waals surface area contributed by atoms with E-state index in [4.69, 9.17) is 9.97 Å². The van der Waals surface area contributed by atoms with E-state index < -0.39 is 0 Å². The summed E-state index contributed by atoms with van der Waals surface area (Å²) in [5.74, 6) is 1.09. The number of anilines is 1. The van der Waals surface area contributed by atoms with E-state index in [1.807, 2.05) is 73.4 Å². The van der Waals surface area contributed by atoms with Crippen LogP contribution in [-0.2, 0) is 0 Å². The minimum absolute atomic E-state index is 0. The van der Waals surface area contributed by atoms with E-state index in [2.05, 4.69) is 173 Å². The Kier molecular flexibility index (Phi) is 10.4. The number of hydrogen-bond donors (Lipinski definition) is 1. The van der Waals surface area contributed by atoms with E-state index in [0.717, 1.165) is 56.6 Å². The minimum Gasteiger partial charge on any atom is -0.412 e. The summed E-state index contributed by atoms with van der Waals surface area (Å²) in [6.45, 7) is 18.4. The Morgan fingerprint density at radius 2 is 1.08 bits per heavy atom. The van der Waals surface area contributed by atoms with Gasteiger partial charge in [-0.25, -0.2) is 4.98 Å². The van der Waals surface area contributed by atoms with Gasteiger partial charge in [0.1, 0.15) is 11.5 Å². The van der Waals surface area contributed by atoms with E-state index in [1.54, 1.807) is 0 Å². The van der Waals surface area contributed by atoms with Crippen LogP contribution in [0.4, 0.5) is 5.82 Å². The van der Waals surface area contributed by atoms with Crippen LogP contribution in [0.3, 0.4) is 0 Å². The summed E-state index contributed by atoms with van der Waals surface area (Å²) in [5.41, 5.74) is 19.6. The molecule has 4 aromatic carbocycles. The molecule has 3 N–H and O–H groups in total. The normalized spacial score (nSPS) is 12.4. The second kappa shape index (κ2) is 16.7. The topological polar surface area (TPSA) is 102 Å². The van der Waals surface area contributed by atoms with E-state index in [1.165, 1.54) is 102 Å². The van der Waals surface area contributed by atoms with Gasteiger partial charge in [0.2, 0.25) is 0 Å². The highest BCUT2D eigenvalue weighted by molar-refractivity contribution is 7.26. The second-order valence-corrected chi connectivity index (χ2v) is 20.4. The molecule has 13 aromatic rings. The molecule has 0 amide bonds. The lowest BCUT2D eigenvalue weighted by atomic mass is 9.98. The third kappa shape index (κ3) is 6.22. The molecule has 0 unspecified atom stereocenters. The summed E-state index contributed by atoms with van der Waals surface area (Å²) in [5, 5.41) is 11.0. The van der Waals surface area contributed by atoms with E-state index in [-0.39, 0.29) is 5.48 Å². The molecule has 0 atom stereocenters. The fourth-order valence-corrected chi connectivity index (χ4v) is 13.9. The average Bonchev–Trinajstić information content (AvgIpc) is 4.22. The Labute approximate surface area is 418 Å². The standard InChI is InChI=1S/C58H44N8S2.C2H6.H2O/c1-31-33(3)63(35(5)53(31)65-46-21-25-59-30-45(46)41-16-11-23-61-57(41)65)48-28-37(26-43-39-14-7-9-19-50(39)67-55(43)48)38-27-44-40-15-8-10-20-51(40)68-56(44)49(29-38)64-34(4)32(2)54(36(64)6)66-47-18-13-22-60-52(47)42-17-12-24-62-58(42)66;1-2;/h7-23,25-30,62H,24H2,1-6H3;1-2H3;1H2. The number of nitrogens with zero attached hydrogens (tertiary/aromatic N) is 7. The maximum Gasteiger partial charge on any atom is 0.145 e. The molecule has 14 rings (SSSR count). The summed E-state index contributed by atoms with van der Waals surface area (Å²) >= 11 is 3.76. The van der Waals surface area contributed by atoms with Crippen LogP contribution in [0.5, 0.6) is 0 Å². The average molecular weight is 965 g/mol. The maximum atomic E-state index is 4.98. The Morgan fingerprint density at radius 1 is 0.521 bits per heavy atom. The molecule has 10 heterocycles. The first kappa shape index (κ1) is 44.4. The first-order chi connectivity index (χ1) is 34.3. The summed E-state index contributed by atoms with van der Waals surface area (Å²) in [4.78, 5) is 14.4. The SMILES string of the molecule is CC.Cc1c(-n2c3c(c4ncccc42)C=CCN3)c(C)n(-c2cc(-c3cc(-n4c(C)c(C)c(-n5c6ccncc6c6cccnc65)c4C)c4sc5ccccc5c4c3)cc3c2sc2ccccc23)c1C.O. The van der Waals surface area contributed by atoms with Gasteiger partial charge < -0.3 is 19.9 Å². The predicted octanol–water partition coefficient (Wildman–Crippen LogP) is 15.4. The van der Waals surface area contributed by atoms with Gasteiger partial charge in [-0.05, 0) is 131 Å². The third-order valence-electron chi connectivity index (χ3n) is 14.8. The van der Waals surface area contributed by atoms with Crippen molar-refractivity contribution >= 4 is 108 Å². The molecule has 0 spiro atoms. The van der Waals surface area contributed by atoms with Crippen LogP contribution >= 0.6 is 22.7 Å². The molecular weight excluding hydrogens is 913 g/mol. The molecule has 0 bridgehead atoms. The predicted molar refractivity (Wildman–Crippen MR) is 302 cm³/mol. The summed E-state index contributed by atoms with van der Waals surface area (Å²) in [6.07, 6.45) is 12.1. The Balaban J connectivity index is 0.00000170. The molecule has 9 aromatic heterocycles. The number of pyridine rings is 3. The lowest BCUT2D eigenvalue weighted by Crippen LogP contribution is -2.10. The van der Waals surface area contributed by atoms with Gasteiger partial charge in [0.15, 0.2) is 0 Å². The zero-order valence-electron chi connectivity index (χ0n) is 40.9. The number of benzene rings is 4. The number of thiophene rings is 2. The van der Waals surface area contributed by atoms with Crippen molar-refractivity contribution in [3.8, 4) is 33.9 Å². The third-order valence-corrected chi connectivity index (χ3v) is 17.2. The van der Waals surface area contributed by atoms with Crippen molar-refractivity contribution in [2.24, 2.45) is 0 Å². The zero-order valence-corrected chi connectivity index (χ0v) is 42.6. The van der Waals surface area contributed by atoms with Crippen molar-refractivity contribution in [2.75, 3.05) is 11.9 Å².